The van der Waals surface area contributed by atoms with Gasteiger partial charge in [-0.05, 0) is 42.8 Å². The van der Waals surface area contributed by atoms with E-state index in [0.29, 0.717) is 6.54 Å². The summed E-state index contributed by atoms with van der Waals surface area (Å²) in [6.07, 6.45) is 4.55. The molecule has 0 saturated carbocycles. The lowest BCUT2D eigenvalue weighted by Crippen LogP contribution is -2.50. The fourth-order valence-corrected chi connectivity index (χ4v) is 3.76. The first-order valence-electron chi connectivity index (χ1n) is 10.9. The van der Waals surface area contributed by atoms with Crippen LogP contribution >= 0.6 is 0 Å². The molecule has 1 aromatic carbocycles. The van der Waals surface area contributed by atoms with Crippen molar-refractivity contribution in [3.05, 3.63) is 54.2 Å². The monoisotopic (exact) mass is 430 g/mol. The molecule has 3 rings (SSSR count). The Bertz CT molecular complexity index is 818. The number of amides is 2. The minimum Gasteiger partial charge on any atom is -0.468 e. The van der Waals surface area contributed by atoms with E-state index in [1.807, 2.05) is 12.1 Å². The lowest BCUT2D eigenvalue weighted by molar-refractivity contribution is -0.139. The van der Waals surface area contributed by atoms with E-state index in [4.69, 9.17) is 4.42 Å². The summed E-state index contributed by atoms with van der Waals surface area (Å²) in [6, 6.07) is 10.0. The molecule has 1 fully saturated rings. The Hall–Kier alpha value is -2.87. The normalized spacial score (nSPS) is 15.5. The van der Waals surface area contributed by atoms with Crippen LogP contribution in [0.25, 0.3) is 0 Å². The van der Waals surface area contributed by atoms with Gasteiger partial charge in [0.15, 0.2) is 0 Å². The van der Waals surface area contributed by atoms with Crippen molar-refractivity contribution in [1.29, 1.82) is 0 Å². The molecule has 1 atom stereocenters. The first-order valence-corrected chi connectivity index (χ1v) is 10.9. The van der Waals surface area contributed by atoms with Gasteiger partial charge in [-0.2, -0.15) is 0 Å². The van der Waals surface area contributed by atoms with Gasteiger partial charge in [0, 0.05) is 45.0 Å². The maximum Gasteiger partial charge on any atom is 0.309 e. The summed E-state index contributed by atoms with van der Waals surface area (Å²) in [5.74, 6) is -0.724. The molecule has 2 heterocycles. The molecule has 31 heavy (non-hydrogen) atoms. The lowest BCUT2D eigenvalue weighted by Gasteiger charge is -2.39. The fraction of sp³-hybridized carbons (Fsp3) is 0.478. The SMILES string of the molecule is CCCCCNC(=O)C(=O)NC[C@@H](c1ccco1)N1CCN(c2ccc(F)cc2)CC1. The zero-order valence-electron chi connectivity index (χ0n) is 18.0. The summed E-state index contributed by atoms with van der Waals surface area (Å²) >= 11 is 0. The van der Waals surface area contributed by atoms with E-state index in [-0.39, 0.29) is 18.4 Å². The largest absolute Gasteiger partial charge is 0.468 e. The summed E-state index contributed by atoms with van der Waals surface area (Å²) in [7, 11) is 0. The molecular weight excluding hydrogens is 399 g/mol. The summed E-state index contributed by atoms with van der Waals surface area (Å²) in [5, 5.41) is 5.41. The summed E-state index contributed by atoms with van der Waals surface area (Å²) in [5.41, 5.74) is 0.989. The Morgan fingerprint density at radius 1 is 1.03 bits per heavy atom. The predicted molar refractivity (Wildman–Crippen MR) is 117 cm³/mol. The number of nitrogens with one attached hydrogen (secondary N) is 2. The van der Waals surface area contributed by atoms with E-state index >= 15 is 0 Å². The third kappa shape index (κ3) is 6.55. The fourth-order valence-electron chi connectivity index (χ4n) is 3.76. The van der Waals surface area contributed by atoms with Crippen LogP contribution in [0.2, 0.25) is 0 Å². The highest BCUT2D eigenvalue weighted by Crippen LogP contribution is 2.24. The number of piperazine rings is 1. The number of furan rings is 1. The van der Waals surface area contributed by atoms with Gasteiger partial charge in [-0.3, -0.25) is 14.5 Å². The second kappa shape index (κ2) is 11.5. The number of carbonyl (C=O) groups is 2. The smallest absolute Gasteiger partial charge is 0.309 e. The Morgan fingerprint density at radius 3 is 2.39 bits per heavy atom. The molecule has 8 heteroatoms. The van der Waals surface area contributed by atoms with Gasteiger partial charge in [0.05, 0.1) is 12.3 Å². The van der Waals surface area contributed by atoms with Gasteiger partial charge in [0.1, 0.15) is 11.6 Å². The van der Waals surface area contributed by atoms with E-state index in [2.05, 4.69) is 27.4 Å². The van der Waals surface area contributed by atoms with Crippen LogP contribution in [0, 0.1) is 5.82 Å². The summed E-state index contributed by atoms with van der Waals surface area (Å²) < 4.78 is 18.8. The molecule has 0 bridgehead atoms. The van der Waals surface area contributed by atoms with E-state index in [1.165, 1.54) is 12.1 Å². The second-order valence-electron chi connectivity index (χ2n) is 7.70. The zero-order valence-corrected chi connectivity index (χ0v) is 18.0. The number of benzene rings is 1. The molecule has 2 N–H and O–H groups in total. The highest BCUT2D eigenvalue weighted by Gasteiger charge is 2.28. The molecule has 1 aliphatic heterocycles. The van der Waals surface area contributed by atoms with Gasteiger partial charge in [0.2, 0.25) is 0 Å². The first-order chi connectivity index (χ1) is 15.1. The van der Waals surface area contributed by atoms with Crippen molar-refractivity contribution in [3.8, 4) is 0 Å². The van der Waals surface area contributed by atoms with E-state index in [0.717, 1.165) is 56.9 Å². The molecular formula is C23H31FN4O3. The molecule has 0 radical (unpaired) electrons. The highest BCUT2D eigenvalue weighted by atomic mass is 19.1. The van der Waals surface area contributed by atoms with E-state index < -0.39 is 11.8 Å². The molecule has 1 saturated heterocycles. The zero-order chi connectivity index (χ0) is 22.1. The number of carbonyl (C=O) groups excluding carboxylic acids is 2. The van der Waals surface area contributed by atoms with Crippen molar-refractivity contribution in [2.45, 2.75) is 32.2 Å². The van der Waals surface area contributed by atoms with Crippen molar-refractivity contribution in [2.24, 2.45) is 0 Å². The number of halogens is 1. The number of anilines is 1. The summed E-state index contributed by atoms with van der Waals surface area (Å²) in [6.45, 7) is 5.92. The van der Waals surface area contributed by atoms with Gasteiger partial charge in [-0.15, -0.1) is 0 Å². The molecule has 2 aromatic rings. The van der Waals surface area contributed by atoms with Crippen LogP contribution < -0.4 is 15.5 Å². The van der Waals surface area contributed by atoms with Crippen LogP contribution in [-0.4, -0.2) is 56.0 Å². The average Bonchev–Trinajstić information content (AvgIpc) is 3.32. The standard InChI is InChI=1S/C23H31FN4O3/c1-2-3-4-11-25-22(29)23(30)26-17-20(21-6-5-16-31-21)28-14-12-27(13-15-28)19-9-7-18(24)8-10-19/h5-10,16,20H,2-4,11-15,17H2,1H3,(H,25,29)(H,26,30)/t20-/m0/s1. The molecule has 0 unspecified atom stereocenters. The number of nitrogens with zero attached hydrogens (tertiary/aromatic N) is 2. The van der Waals surface area contributed by atoms with Gasteiger partial charge in [-0.25, -0.2) is 4.39 Å². The van der Waals surface area contributed by atoms with Crippen LogP contribution in [0.15, 0.2) is 47.1 Å². The van der Waals surface area contributed by atoms with Crippen molar-refractivity contribution >= 4 is 17.5 Å². The van der Waals surface area contributed by atoms with Crippen LogP contribution in [0.4, 0.5) is 10.1 Å². The topological polar surface area (TPSA) is 77.8 Å². The molecule has 0 spiro atoms. The number of rotatable bonds is 9. The molecule has 1 aromatic heterocycles. The predicted octanol–water partition coefficient (Wildman–Crippen LogP) is 2.70. The van der Waals surface area contributed by atoms with Crippen molar-refractivity contribution < 1.29 is 18.4 Å². The van der Waals surface area contributed by atoms with Gasteiger partial charge >= 0.3 is 11.8 Å². The van der Waals surface area contributed by atoms with Crippen LogP contribution in [-0.2, 0) is 9.59 Å². The van der Waals surface area contributed by atoms with E-state index in [1.54, 1.807) is 18.4 Å². The van der Waals surface area contributed by atoms with Crippen molar-refractivity contribution in [3.63, 3.8) is 0 Å². The lowest BCUT2D eigenvalue weighted by atomic mass is 10.1. The van der Waals surface area contributed by atoms with Crippen molar-refractivity contribution in [1.82, 2.24) is 15.5 Å². The van der Waals surface area contributed by atoms with Crippen LogP contribution in [0.5, 0.6) is 0 Å². The second-order valence-corrected chi connectivity index (χ2v) is 7.70. The van der Waals surface area contributed by atoms with E-state index in [9.17, 15) is 14.0 Å². The molecule has 7 nitrogen and oxygen atoms in total. The molecule has 2 amide bonds. The minimum atomic E-state index is -0.627. The third-order valence-electron chi connectivity index (χ3n) is 5.55. The van der Waals surface area contributed by atoms with Gasteiger partial charge in [-0.1, -0.05) is 19.8 Å². The van der Waals surface area contributed by atoms with Crippen molar-refractivity contribution in [2.75, 3.05) is 44.2 Å². The maximum atomic E-state index is 13.2. The number of hydrogen-bond acceptors (Lipinski definition) is 5. The average molecular weight is 431 g/mol. The van der Waals surface area contributed by atoms with Gasteiger partial charge in [0.25, 0.3) is 0 Å². The highest BCUT2D eigenvalue weighted by molar-refractivity contribution is 6.35. The summed E-state index contributed by atoms with van der Waals surface area (Å²) in [4.78, 5) is 28.7. The van der Waals surface area contributed by atoms with Crippen LogP contribution in [0.3, 0.4) is 0 Å². The van der Waals surface area contributed by atoms with Crippen LogP contribution in [0.1, 0.15) is 38.0 Å². The molecule has 1 aliphatic rings. The third-order valence-corrected chi connectivity index (χ3v) is 5.55. The first kappa shape index (κ1) is 22.8. The van der Waals surface area contributed by atoms with Gasteiger partial charge < -0.3 is 20.0 Å². The Kier molecular flexibility index (Phi) is 8.46. The molecule has 0 aliphatic carbocycles. The Labute approximate surface area is 182 Å². The quantitative estimate of drug-likeness (QED) is 0.473. The molecule has 168 valence electrons. The number of hydrogen-bond donors (Lipinski definition) is 2. The number of unbranched alkanes of at least 4 members (excludes halogenated alkanes) is 2. The minimum absolute atomic E-state index is 0.165. The Morgan fingerprint density at radius 2 is 1.74 bits per heavy atom. The Balaban J connectivity index is 1.54. The maximum absolute atomic E-state index is 13.2.